The molecule has 4 heteroatoms. The van der Waals surface area contributed by atoms with Gasteiger partial charge in [0.25, 0.3) is 0 Å². The van der Waals surface area contributed by atoms with E-state index in [2.05, 4.69) is 16.6 Å². The van der Waals surface area contributed by atoms with E-state index >= 15 is 0 Å². The van der Waals surface area contributed by atoms with E-state index < -0.39 is 11.8 Å². The predicted molar refractivity (Wildman–Crippen MR) is 59.1 cm³/mol. The Balaban J connectivity index is 2.97. The summed E-state index contributed by atoms with van der Waals surface area (Å²) < 4.78 is 17.9. The van der Waals surface area contributed by atoms with Crippen LogP contribution in [-0.2, 0) is 9.53 Å². The van der Waals surface area contributed by atoms with Gasteiger partial charge in [0.15, 0.2) is 0 Å². The molecule has 0 fully saturated rings. The first-order valence-corrected chi connectivity index (χ1v) is 4.79. The second-order valence-electron chi connectivity index (χ2n) is 3.16. The lowest BCUT2D eigenvalue weighted by molar-refractivity contribution is -0.136. The number of rotatable bonds is 1. The quantitative estimate of drug-likeness (QED) is 0.445. The lowest BCUT2D eigenvalue weighted by Crippen LogP contribution is -2.00. The zero-order valence-corrected chi connectivity index (χ0v) is 9.13. The number of ether oxygens (including phenoxy) is 1. The Hall–Kier alpha value is -2.02. The maximum atomic E-state index is 13.3. The summed E-state index contributed by atoms with van der Waals surface area (Å²) in [5.41, 5.74) is 6.73. The molecule has 1 rings (SSSR count). The molecule has 2 N–H and O–H groups in total. The Morgan fingerprint density at radius 3 is 2.88 bits per heavy atom. The third-order valence-electron chi connectivity index (χ3n) is 1.93. The van der Waals surface area contributed by atoms with Crippen LogP contribution in [0.15, 0.2) is 12.1 Å². The van der Waals surface area contributed by atoms with Crippen molar-refractivity contribution in [3.05, 3.63) is 29.1 Å². The monoisotopic (exact) mass is 221 g/mol. The molecule has 0 aromatic heterocycles. The number of nitrogen functional groups attached to an aromatic ring is 1. The zero-order chi connectivity index (χ0) is 12.1. The summed E-state index contributed by atoms with van der Waals surface area (Å²) in [5.74, 6) is 3.39. The van der Waals surface area contributed by atoms with Crippen molar-refractivity contribution in [1.29, 1.82) is 0 Å². The lowest BCUT2D eigenvalue weighted by atomic mass is 10.1. The Labute approximate surface area is 93.4 Å². The second kappa shape index (κ2) is 5.17. The molecule has 0 aliphatic carbocycles. The van der Waals surface area contributed by atoms with Crippen molar-refractivity contribution in [2.24, 2.45) is 0 Å². The molecule has 0 aliphatic rings. The summed E-state index contributed by atoms with van der Waals surface area (Å²) in [7, 11) is 0. The van der Waals surface area contributed by atoms with E-state index in [1.54, 1.807) is 13.8 Å². The average molecular weight is 221 g/mol. The topological polar surface area (TPSA) is 52.3 Å². The van der Waals surface area contributed by atoms with Gasteiger partial charge in [-0.1, -0.05) is 5.92 Å². The highest BCUT2D eigenvalue weighted by Crippen LogP contribution is 2.16. The smallest absolute Gasteiger partial charge is 0.384 e. The van der Waals surface area contributed by atoms with Crippen LogP contribution >= 0.6 is 0 Å². The molecule has 16 heavy (non-hydrogen) atoms. The number of benzene rings is 1. The number of nitrogens with two attached hydrogens (primary N) is 1. The van der Waals surface area contributed by atoms with Crippen molar-refractivity contribution in [2.75, 3.05) is 12.3 Å². The Bertz CT molecular complexity index is 472. The molecule has 1 aromatic carbocycles. The average Bonchev–Trinajstić information content (AvgIpc) is 2.22. The van der Waals surface area contributed by atoms with E-state index in [9.17, 15) is 9.18 Å². The third-order valence-corrected chi connectivity index (χ3v) is 1.93. The van der Waals surface area contributed by atoms with Gasteiger partial charge in [0, 0.05) is 11.6 Å². The number of esters is 1. The molecule has 0 unspecified atom stereocenters. The first-order valence-electron chi connectivity index (χ1n) is 4.79. The van der Waals surface area contributed by atoms with Crippen molar-refractivity contribution in [3.8, 4) is 11.8 Å². The van der Waals surface area contributed by atoms with E-state index in [1.165, 1.54) is 12.1 Å². The lowest BCUT2D eigenvalue weighted by Gasteiger charge is -2.01. The summed E-state index contributed by atoms with van der Waals surface area (Å²) in [5, 5.41) is 0. The van der Waals surface area contributed by atoms with Crippen LogP contribution in [0.1, 0.15) is 18.1 Å². The molecule has 0 heterocycles. The number of carbonyl (C=O) groups is 1. The van der Waals surface area contributed by atoms with Crippen LogP contribution < -0.4 is 5.73 Å². The maximum Gasteiger partial charge on any atom is 0.384 e. The van der Waals surface area contributed by atoms with Crippen LogP contribution in [0, 0.1) is 24.6 Å². The minimum Gasteiger partial charge on any atom is -0.456 e. The number of aryl methyl sites for hydroxylation is 1. The fourth-order valence-electron chi connectivity index (χ4n) is 1.08. The Morgan fingerprint density at radius 2 is 2.25 bits per heavy atom. The number of hydrogen-bond acceptors (Lipinski definition) is 3. The van der Waals surface area contributed by atoms with Gasteiger partial charge in [-0.05, 0) is 31.5 Å². The van der Waals surface area contributed by atoms with E-state index in [0.29, 0.717) is 5.69 Å². The molecule has 0 saturated heterocycles. The second-order valence-corrected chi connectivity index (χ2v) is 3.16. The summed E-state index contributed by atoms with van der Waals surface area (Å²) in [6, 6.07) is 2.68. The minimum absolute atomic E-state index is 0.139. The molecule has 0 aliphatic heterocycles. The van der Waals surface area contributed by atoms with Gasteiger partial charge in [-0.2, -0.15) is 0 Å². The summed E-state index contributed by atoms with van der Waals surface area (Å²) in [6.07, 6.45) is 0. The standard InChI is InChI=1S/C12H12FNO2/c1-3-16-12(15)5-4-9-6-8(2)11(14)7-10(9)13/h6-7H,3,14H2,1-2H3. The van der Waals surface area contributed by atoms with E-state index in [1.807, 2.05) is 0 Å². The first-order chi connectivity index (χ1) is 7.54. The van der Waals surface area contributed by atoms with Gasteiger partial charge in [0.1, 0.15) is 5.82 Å². The van der Waals surface area contributed by atoms with E-state index in [0.717, 1.165) is 5.56 Å². The molecule has 0 saturated carbocycles. The predicted octanol–water partition coefficient (Wildman–Crippen LogP) is 1.63. The van der Waals surface area contributed by atoms with Crippen LogP contribution in [-0.4, -0.2) is 12.6 Å². The van der Waals surface area contributed by atoms with Gasteiger partial charge in [-0.3, -0.25) is 0 Å². The highest BCUT2D eigenvalue weighted by atomic mass is 19.1. The van der Waals surface area contributed by atoms with Crippen LogP contribution in [0.5, 0.6) is 0 Å². The largest absolute Gasteiger partial charge is 0.456 e. The molecule has 3 nitrogen and oxygen atoms in total. The number of anilines is 1. The summed E-state index contributed by atoms with van der Waals surface area (Å²) in [6.45, 7) is 3.66. The van der Waals surface area contributed by atoms with Crippen LogP contribution in [0.25, 0.3) is 0 Å². The molecule has 0 bridgehead atoms. The van der Waals surface area contributed by atoms with Crippen molar-refractivity contribution < 1.29 is 13.9 Å². The molecule has 0 atom stereocenters. The van der Waals surface area contributed by atoms with Gasteiger partial charge in [-0.25, -0.2) is 9.18 Å². The van der Waals surface area contributed by atoms with Crippen molar-refractivity contribution in [1.82, 2.24) is 0 Å². The summed E-state index contributed by atoms with van der Waals surface area (Å²) in [4.78, 5) is 10.9. The molecular formula is C12H12FNO2. The normalized spacial score (nSPS) is 9.19. The number of hydrogen-bond donors (Lipinski definition) is 1. The molecule has 0 radical (unpaired) electrons. The molecule has 0 spiro atoms. The van der Waals surface area contributed by atoms with Crippen LogP contribution in [0.4, 0.5) is 10.1 Å². The van der Waals surface area contributed by atoms with Gasteiger partial charge in [0.2, 0.25) is 0 Å². The fraction of sp³-hybridized carbons (Fsp3) is 0.250. The number of halogens is 1. The molecular weight excluding hydrogens is 209 g/mol. The SMILES string of the molecule is CCOC(=O)C#Cc1cc(C)c(N)cc1F. The summed E-state index contributed by atoms with van der Waals surface area (Å²) >= 11 is 0. The van der Waals surface area contributed by atoms with Gasteiger partial charge < -0.3 is 10.5 Å². The molecule has 0 amide bonds. The molecule has 1 aromatic rings. The fourth-order valence-corrected chi connectivity index (χ4v) is 1.08. The minimum atomic E-state index is -0.670. The van der Waals surface area contributed by atoms with Gasteiger partial charge in [0.05, 0.1) is 12.2 Å². The number of carbonyl (C=O) groups excluding carboxylic acids is 1. The highest BCUT2D eigenvalue weighted by Gasteiger charge is 2.03. The van der Waals surface area contributed by atoms with Crippen LogP contribution in [0.3, 0.4) is 0 Å². The van der Waals surface area contributed by atoms with Crippen LogP contribution in [0.2, 0.25) is 0 Å². The maximum absolute atomic E-state index is 13.3. The van der Waals surface area contributed by atoms with Gasteiger partial charge in [-0.15, -0.1) is 0 Å². The third kappa shape index (κ3) is 2.99. The van der Waals surface area contributed by atoms with E-state index in [4.69, 9.17) is 5.73 Å². The van der Waals surface area contributed by atoms with Gasteiger partial charge >= 0.3 is 5.97 Å². The molecule has 84 valence electrons. The zero-order valence-electron chi connectivity index (χ0n) is 9.13. The first kappa shape index (κ1) is 12.1. The Kier molecular flexibility index (Phi) is 3.90. The Morgan fingerprint density at radius 1 is 1.56 bits per heavy atom. The highest BCUT2D eigenvalue weighted by molar-refractivity contribution is 5.89. The van der Waals surface area contributed by atoms with E-state index in [-0.39, 0.29) is 12.2 Å². The van der Waals surface area contributed by atoms with Crippen molar-refractivity contribution >= 4 is 11.7 Å². The van der Waals surface area contributed by atoms with Crippen molar-refractivity contribution in [3.63, 3.8) is 0 Å². The van der Waals surface area contributed by atoms with Crippen molar-refractivity contribution in [2.45, 2.75) is 13.8 Å².